The van der Waals surface area contributed by atoms with Crippen LogP contribution in [0.1, 0.15) is 31.9 Å². The second kappa shape index (κ2) is 8.09. The number of hydrogen-bond donors (Lipinski definition) is 2. The first-order valence-corrected chi connectivity index (χ1v) is 6.90. The molecule has 0 aliphatic heterocycles. The molecule has 5 heteroatoms. The second-order valence-electron chi connectivity index (χ2n) is 4.98. The summed E-state index contributed by atoms with van der Waals surface area (Å²) in [6.45, 7) is 8.51. The predicted octanol–water partition coefficient (Wildman–Crippen LogP) is 2.81. The Morgan fingerprint density at radius 1 is 1.33 bits per heavy atom. The van der Waals surface area contributed by atoms with Crippen molar-refractivity contribution in [3.63, 3.8) is 0 Å². The van der Waals surface area contributed by atoms with E-state index in [9.17, 15) is 9.59 Å². The molecule has 2 N–H and O–H groups in total. The average Bonchev–Trinajstić information content (AvgIpc) is 2.44. The van der Waals surface area contributed by atoms with Crippen LogP contribution < -0.4 is 5.32 Å². The maximum absolute atomic E-state index is 12.3. The van der Waals surface area contributed by atoms with Crippen molar-refractivity contribution >= 4 is 12.0 Å². The topological polar surface area (TPSA) is 69.6 Å². The number of likely N-dealkylation sites (N-methyl/N-ethyl adjacent to an activating group) is 1. The quantitative estimate of drug-likeness (QED) is 0.759. The van der Waals surface area contributed by atoms with Crippen molar-refractivity contribution in [2.45, 2.75) is 26.3 Å². The zero-order chi connectivity index (χ0) is 15.8. The molecular weight excluding hydrogens is 268 g/mol. The van der Waals surface area contributed by atoms with E-state index in [0.29, 0.717) is 13.1 Å². The smallest absolute Gasteiger partial charge is 0.318 e. The molecule has 0 saturated heterocycles. The lowest BCUT2D eigenvalue weighted by atomic mass is 10.0. The molecule has 0 fully saturated rings. The van der Waals surface area contributed by atoms with Crippen molar-refractivity contribution in [3.05, 3.63) is 48.0 Å². The van der Waals surface area contributed by atoms with Gasteiger partial charge in [-0.2, -0.15) is 0 Å². The van der Waals surface area contributed by atoms with Crippen molar-refractivity contribution in [2.75, 3.05) is 13.1 Å². The van der Waals surface area contributed by atoms with Crippen LogP contribution in [0.2, 0.25) is 0 Å². The number of hydrogen-bond acceptors (Lipinski definition) is 2. The van der Waals surface area contributed by atoms with Gasteiger partial charge in [0, 0.05) is 13.1 Å². The first kappa shape index (κ1) is 16.8. The standard InChI is InChI=1S/C16H22N2O3/c1-4-18(11-12(2)3)16(21)17-14(10-15(19)20)13-8-6-5-7-9-13/h5-9,14H,2,4,10-11H2,1,3H3,(H,17,21)(H,19,20). The van der Waals surface area contributed by atoms with Crippen molar-refractivity contribution in [3.8, 4) is 0 Å². The SMILES string of the molecule is C=C(C)CN(CC)C(=O)NC(CC(=O)O)c1ccccc1. The summed E-state index contributed by atoms with van der Waals surface area (Å²) in [5.41, 5.74) is 1.65. The van der Waals surface area contributed by atoms with E-state index in [-0.39, 0.29) is 12.5 Å². The minimum atomic E-state index is -0.952. The number of urea groups is 1. The van der Waals surface area contributed by atoms with Crippen LogP contribution in [0.4, 0.5) is 4.79 Å². The van der Waals surface area contributed by atoms with E-state index in [2.05, 4.69) is 11.9 Å². The van der Waals surface area contributed by atoms with Gasteiger partial charge in [0.05, 0.1) is 12.5 Å². The largest absolute Gasteiger partial charge is 0.481 e. The summed E-state index contributed by atoms with van der Waals surface area (Å²) >= 11 is 0. The number of carbonyl (C=O) groups is 2. The Morgan fingerprint density at radius 2 is 1.95 bits per heavy atom. The monoisotopic (exact) mass is 290 g/mol. The fraction of sp³-hybridized carbons (Fsp3) is 0.375. The van der Waals surface area contributed by atoms with Gasteiger partial charge in [-0.15, -0.1) is 0 Å². The number of aliphatic carboxylic acids is 1. The fourth-order valence-corrected chi connectivity index (χ4v) is 2.01. The Labute approximate surface area is 125 Å². The molecule has 1 rings (SSSR count). The number of carboxylic acids is 1. The number of carboxylic acid groups (broad SMARTS) is 1. The molecule has 0 heterocycles. The zero-order valence-corrected chi connectivity index (χ0v) is 12.5. The molecule has 21 heavy (non-hydrogen) atoms. The summed E-state index contributed by atoms with van der Waals surface area (Å²) in [6.07, 6.45) is -0.152. The predicted molar refractivity (Wildman–Crippen MR) is 82.0 cm³/mol. The molecule has 5 nitrogen and oxygen atoms in total. The van der Waals surface area contributed by atoms with E-state index in [0.717, 1.165) is 11.1 Å². The maximum Gasteiger partial charge on any atom is 0.318 e. The van der Waals surface area contributed by atoms with E-state index in [1.54, 1.807) is 4.90 Å². The number of carbonyl (C=O) groups excluding carboxylic acids is 1. The molecule has 0 aliphatic carbocycles. The Morgan fingerprint density at radius 3 is 2.43 bits per heavy atom. The Bertz CT molecular complexity index is 500. The molecule has 2 amide bonds. The molecule has 1 aromatic rings. The third-order valence-corrected chi connectivity index (χ3v) is 3.01. The zero-order valence-electron chi connectivity index (χ0n) is 12.5. The molecule has 1 aromatic carbocycles. The van der Waals surface area contributed by atoms with Crippen LogP contribution in [0.15, 0.2) is 42.5 Å². The highest BCUT2D eigenvalue weighted by atomic mass is 16.4. The van der Waals surface area contributed by atoms with Gasteiger partial charge in [-0.05, 0) is 19.4 Å². The number of amides is 2. The van der Waals surface area contributed by atoms with Crippen LogP contribution in [0, 0.1) is 0 Å². The van der Waals surface area contributed by atoms with Crippen LogP contribution in [-0.2, 0) is 4.79 Å². The van der Waals surface area contributed by atoms with E-state index < -0.39 is 12.0 Å². The Balaban J connectivity index is 2.83. The van der Waals surface area contributed by atoms with Crippen LogP contribution in [0.5, 0.6) is 0 Å². The molecule has 1 unspecified atom stereocenters. The number of nitrogens with one attached hydrogen (secondary N) is 1. The average molecular weight is 290 g/mol. The van der Waals surface area contributed by atoms with Gasteiger partial charge in [-0.25, -0.2) is 4.79 Å². The van der Waals surface area contributed by atoms with Gasteiger partial charge in [-0.1, -0.05) is 42.5 Å². The van der Waals surface area contributed by atoms with Gasteiger partial charge in [0.1, 0.15) is 0 Å². The van der Waals surface area contributed by atoms with Gasteiger partial charge in [0.25, 0.3) is 0 Å². The molecule has 1 atom stereocenters. The highest BCUT2D eigenvalue weighted by Crippen LogP contribution is 2.17. The normalized spacial score (nSPS) is 11.5. The van der Waals surface area contributed by atoms with Crippen LogP contribution in [0.25, 0.3) is 0 Å². The lowest BCUT2D eigenvalue weighted by Crippen LogP contribution is -2.42. The molecule has 0 bridgehead atoms. The first-order chi connectivity index (χ1) is 9.93. The Hall–Kier alpha value is -2.30. The summed E-state index contributed by atoms with van der Waals surface area (Å²) in [5.74, 6) is -0.952. The number of benzene rings is 1. The highest BCUT2D eigenvalue weighted by Gasteiger charge is 2.20. The fourth-order valence-electron chi connectivity index (χ4n) is 2.01. The highest BCUT2D eigenvalue weighted by molar-refractivity contribution is 5.76. The van der Waals surface area contributed by atoms with Gasteiger partial charge < -0.3 is 15.3 Å². The van der Waals surface area contributed by atoms with E-state index in [4.69, 9.17) is 5.11 Å². The third-order valence-electron chi connectivity index (χ3n) is 3.01. The summed E-state index contributed by atoms with van der Waals surface area (Å²) < 4.78 is 0. The third kappa shape index (κ3) is 5.69. The minimum absolute atomic E-state index is 0.152. The molecule has 114 valence electrons. The molecule has 0 aliphatic rings. The van der Waals surface area contributed by atoms with Crippen molar-refractivity contribution in [1.29, 1.82) is 0 Å². The van der Waals surface area contributed by atoms with Crippen LogP contribution >= 0.6 is 0 Å². The summed E-state index contributed by atoms with van der Waals surface area (Å²) in [6, 6.07) is 8.28. The van der Waals surface area contributed by atoms with Crippen LogP contribution in [-0.4, -0.2) is 35.1 Å². The van der Waals surface area contributed by atoms with E-state index >= 15 is 0 Å². The van der Waals surface area contributed by atoms with Crippen molar-refractivity contribution < 1.29 is 14.7 Å². The lowest BCUT2D eigenvalue weighted by molar-refractivity contribution is -0.137. The second-order valence-corrected chi connectivity index (χ2v) is 4.98. The van der Waals surface area contributed by atoms with Crippen molar-refractivity contribution in [1.82, 2.24) is 10.2 Å². The van der Waals surface area contributed by atoms with Gasteiger partial charge in [0.2, 0.25) is 0 Å². The number of rotatable bonds is 7. The molecule has 0 spiro atoms. The van der Waals surface area contributed by atoms with Crippen LogP contribution in [0.3, 0.4) is 0 Å². The van der Waals surface area contributed by atoms with Crippen molar-refractivity contribution in [2.24, 2.45) is 0 Å². The van der Waals surface area contributed by atoms with Gasteiger partial charge in [0.15, 0.2) is 0 Å². The molecule has 0 radical (unpaired) electrons. The van der Waals surface area contributed by atoms with E-state index in [1.165, 1.54) is 0 Å². The Kier molecular flexibility index (Phi) is 6.46. The molecule has 0 saturated carbocycles. The molecule has 0 aromatic heterocycles. The van der Waals surface area contributed by atoms with Gasteiger partial charge >= 0.3 is 12.0 Å². The van der Waals surface area contributed by atoms with Gasteiger partial charge in [-0.3, -0.25) is 4.79 Å². The number of nitrogens with zero attached hydrogens (tertiary/aromatic N) is 1. The van der Waals surface area contributed by atoms with E-state index in [1.807, 2.05) is 44.2 Å². The first-order valence-electron chi connectivity index (χ1n) is 6.90. The summed E-state index contributed by atoms with van der Waals surface area (Å²) in [4.78, 5) is 24.9. The summed E-state index contributed by atoms with van der Waals surface area (Å²) in [7, 11) is 0. The minimum Gasteiger partial charge on any atom is -0.481 e. The maximum atomic E-state index is 12.3. The lowest BCUT2D eigenvalue weighted by Gasteiger charge is -2.25. The molecular formula is C16H22N2O3. The summed E-state index contributed by atoms with van der Waals surface area (Å²) in [5, 5.41) is 11.8.